The topological polar surface area (TPSA) is 71.0 Å². The van der Waals surface area contributed by atoms with Gasteiger partial charge in [0.05, 0.1) is 25.9 Å². The van der Waals surface area contributed by atoms with Crippen LogP contribution in [-0.2, 0) is 4.74 Å². The second-order valence-electron chi connectivity index (χ2n) is 4.80. The van der Waals surface area contributed by atoms with Crippen molar-refractivity contribution in [1.82, 2.24) is 4.90 Å². The highest BCUT2D eigenvalue weighted by Gasteiger charge is 2.13. The van der Waals surface area contributed by atoms with Gasteiger partial charge in [-0.25, -0.2) is 4.79 Å². The Morgan fingerprint density at radius 2 is 2.24 bits per heavy atom. The third-order valence-electron chi connectivity index (χ3n) is 2.75. The highest BCUT2D eigenvalue weighted by molar-refractivity contribution is 5.89. The van der Waals surface area contributed by atoms with E-state index in [0.29, 0.717) is 12.3 Å². The second-order valence-corrected chi connectivity index (χ2v) is 4.80. The van der Waals surface area contributed by atoms with E-state index < -0.39 is 6.10 Å². The van der Waals surface area contributed by atoms with Crippen molar-refractivity contribution < 1.29 is 19.4 Å². The van der Waals surface area contributed by atoms with Crippen LogP contribution in [0.25, 0.3) is 0 Å². The Labute approximate surface area is 125 Å². The number of ether oxygens (including phenoxy) is 2. The number of urea groups is 1. The van der Waals surface area contributed by atoms with Gasteiger partial charge in [-0.05, 0) is 18.6 Å². The minimum atomic E-state index is -0.704. The Bertz CT molecular complexity index is 439. The number of nitrogens with zero attached hydrogens (tertiary/aromatic N) is 1. The molecule has 0 bridgehead atoms. The maximum Gasteiger partial charge on any atom is 0.321 e. The van der Waals surface area contributed by atoms with Crippen LogP contribution in [0.3, 0.4) is 0 Å². The Kier molecular flexibility index (Phi) is 7.56. The van der Waals surface area contributed by atoms with Crippen LogP contribution in [0.1, 0.15) is 13.3 Å². The number of methoxy groups -OCH3 is 1. The number of aliphatic hydroxyl groups is 1. The molecule has 6 heteroatoms. The van der Waals surface area contributed by atoms with Crippen molar-refractivity contribution in [2.45, 2.75) is 19.4 Å². The van der Waals surface area contributed by atoms with Crippen LogP contribution in [0.2, 0.25) is 0 Å². The van der Waals surface area contributed by atoms with Crippen molar-refractivity contribution in [3.05, 3.63) is 24.3 Å². The van der Waals surface area contributed by atoms with E-state index in [1.165, 1.54) is 12.0 Å². The molecule has 0 aliphatic rings. The number of hydrogen-bond acceptors (Lipinski definition) is 4. The molecule has 1 atom stereocenters. The van der Waals surface area contributed by atoms with Gasteiger partial charge in [0.1, 0.15) is 5.75 Å². The molecule has 0 aliphatic carbocycles. The van der Waals surface area contributed by atoms with E-state index in [1.54, 1.807) is 19.2 Å². The van der Waals surface area contributed by atoms with E-state index in [9.17, 15) is 9.90 Å². The summed E-state index contributed by atoms with van der Waals surface area (Å²) in [7, 11) is 3.12. The van der Waals surface area contributed by atoms with Gasteiger partial charge in [0.15, 0.2) is 0 Å². The fraction of sp³-hybridized carbons (Fsp3) is 0.533. The Morgan fingerprint density at radius 3 is 2.90 bits per heavy atom. The maximum atomic E-state index is 12.0. The summed E-state index contributed by atoms with van der Waals surface area (Å²) in [6, 6.07) is 6.93. The molecule has 0 saturated heterocycles. The number of anilines is 1. The molecule has 2 N–H and O–H groups in total. The van der Waals surface area contributed by atoms with Gasteiger partial charge in [0.25, 0.3) is 0 Å². The van der Waals surface area contributed by atoms with Crippen LogP contribution in [-0.4, -0.2) is 56.1 Å². The number of aliphatic hydroxyl groups excluding tert-OH is 1. The van der Waals surface area contributed by atoms with Gasteiger partial charge in [-0.15, -0.1) is 0 Å². The first kappa shape index (κ1) is 17.3. The smallest absolute Gasteiger partial charge is 0.321 e. The van der Waals surface area contributed by atoms with Crippen LogP contribution in [0.4, 0.5) is 10.5 Å². The third-order valence-corrected chi connectivity index (χ3v) is 2.75. The average molecular weight is 296 g/mol. The standard InChI is InChI=1S/C15H24N2O4/c1-4-8-21-14-7-5-6-12(9-14)16-15(19)17(2)10-13(18)11-20-3/h5-7,9,13,18H,4,8,10-11H2,1-3H3,(H,16,19). The Balaban J connectivity index is 2.53. The summed E-state index contributed by atoms with van der Waals surface area (Å²) in [5, 5.41) is 12.4. The van der Waals surface area contributed by atoms with Crippen LogP contribution in [0.15, 0.2) is 24.3 Å². The van der Waals surface area contributed by atoms with Gasteiger partial charge < -0.3 is 24.8 Å². The molecule has 1 rings (SSSR count). The number of carbonyl (C=O) groups excluding carboxylic acids is 1. The quantitative estimate of drug-likeness (QED) is 0.769. The summed E-state index contributed by atoms with van der Waals surface area (Å²) in [5.74, 6) is 0.719. The molecule has 1 unspecified atom stereocenters. The molecule has 0 aromatic heterocycles. The number of benzene rings is 1. The fourth-order valence-corrected chi connectivity index (χ4v) is 1.75. The van der Waals surface area contributed by atoms with Gasteiger partial charge in [-0.2, -0.15) is 0 Å². The zero-order valence-corrected chi connectivity index (χ0v) is 12.8. The molecule has 0 aliphatic heterocycles. The lowest BCUT2D eigenvalue weighted by molar-refractivity contribution is 0.0501. The monoisotopic (exact) mass is 296 g/mol. The summed E-state index contributed by atoms with van der Waals surface area (Å²) < 4.78 is 10.3. The zero-order valence-electron chi connectivity index (χ0n) is 12.8. The van der Waals surface area contributed by atoms with Gasteiger partial charge in [0.2, 0.25) is 0 Å². The minimum absolute atomic E-state index is 0.192. The van der Waals surface area contributed by atoms with Gasteiger partial charge in [0, 0.05) is 25.9 Å². The van der Waals surface area contributed by atoms with E-state index >= 15 is 0 Å². The lowest BCUT2D eigenvalue weighted by atomic mass is 10.3. The van der Waals surface area contributed by atoms with Gasteiger partial charge in [-0.3, -0.25) is 0 Å². The van der Waals surface area contributed by atoms with E-state index in [2.05, 4.69) is 5.32 Å². The van der Waals surface area contributed by atoms with Gasteiger partial charge >= 0.3 is 6.03 Å². The molecule has 0 saturated carbocycles. The van der Waals surface area contributed by atoms with Crippen molar-refractivity contribution in [3.63, 3.8) is 0 Å². The van der Waals surface area contributed by atoms with Crippen molar-refractivity contribution in [2.75, 3.05) is 39.2 Å². The maximum absolute atomic E-state index is 12.0. The van der Waals surface area contributed by atoms with Crippen LogP contribution >= 0.6 is 0 Å². The van der Waals surface area contributed by atoms with E-state index in [0.717, 1.165) is 12.2 Å². The lowest BCUT2D eigenvalue weighted by Gasteiger charge is -2.21. The van der Waals surface area contributed by atoms with Crippen molar-refractivity contribution in [2.24, 2.45) is 0 Å². The predicted molar refractivity (Wildman–Crippen MR) is 81.8 cm³/mol. The average Bonchev–Trinajstić information content (AvgIpc) is 2.45. The number of amides is 2. The molecule has 2 amide bonds. The summed E-state index contributed by atoms with van der Waals surface area (Å²) in [6.07, 6.45) is 0.224. The number of likely N-dealkylation sites (N-methyl/N-ethyl adjacent to an activating group) is 1. The minimum Gasteiger partial charge on any atom is -0.494 e. The molecule has 0 radical (unpaired) electrons. The molecule has 1 aromatic rings. The highest BCUT2D eigenvalue weighted by atomic mass is 16.5. The van der Waals surface area contributed by atoms with Crippen LogP contribution < -0.4 is 10.1 Å². The highest BCUT2D eigenvalue weighted by Crippen LogP contribution is 2.17. The molecular formula is C15H24N2O4. The number of rotatable bonds is 8. The predicted octanol–water partition coefficient (Wildman–Crippen LogP) is 1.95. The summed E-state index contributed by atoms with van der Waals surface area (Å²) in [4.78, 5) is 13.4. The van der Waals surface area contributed by atoms with E-state index in [1.807, 2.05) is 19.1 Å². The van der Waals surface area contributed by atoms with Gasteiger partial charge in [-0.1, -0.05) is 13.0 Å². The fourth-order valence-electron chi connectivity index (χ4n) is 1.75. The largest absolute Gasteiger partial charge is 0.494 e. The first-order chi connectivity index (χ1) is 10.1. The number of hydrogen-bond donors (Lipinski definition) is 2. The SMILES string of the molecule is CCCOc1cccc(NC(=O)N(C)CC(O)COC)c1. The molecule has 118 valence electrons. The molecule has 6 nitrogen and oxygen atoms in total. The molecular weight excluding hydrogens is 272 g/mol. The zero-order chi connectivity index (χ0) is 15.7. The normalized spacial score (nSPS) is 11.8. The third kappa shape index (κ3) is 6.46. The Morgan fingerprint density at radius 1 is 1.48 bits per heavy atom. The Hall–Kier alpha value is -1.79. The summed E-state index contributed by atoms with van der Waals surface area (Å²) in [5.41, 5.74) is 0.654. The molecule has 0 spiro atoms. The van der Waals surface area contributed by atoms with Crippen LogP contribution in [0, 0.1) is 0 Å². The van der Waals surface area contributed by atoms with E-state index in [-0.39, 0.29) is 19.2 Å². The first-order valence-corrected chi connectivity index (χ1v) is 6.98. The second kappa shape index (κ2) is 9.20. The summed E-state index contributed by atoms with van der Waals surface area (Å²) in [6.45, 7) is 3.07. The molecule has 0 heterocycles. The van der Waals surface area contributed by atoms with Crippen molar-refractivity contribution >= 4 is 11.7 Å². The van der Waals surface area contributed by atoms with Crippen molar-refractivity contribution in [1.29, 1.82) is 0 Å². The van der Waals surface area contributed by atoms with Crippen molar-refractivity contribution in [3.8, 4) is 5.75 Å². The van der Waals surface area contributed by atoms with Crippen LogP contribution in [0.5, 0.6) is 5.75 Å². The van der Waals surface area contributed by atoms with E-state index in [4.69, 9.17) is 9.47 Å². The number of nitrogens with one attached hydrogen (secondary N) is 1. The molecule has 21 heavy (non-hydrogen) atoms. The number of carbonyl (C=O) groups is 1. The molecule has 1 aromatic carbocycles. The summed E-state index contributed by atoms with van der Waals surface area (Å²) >= 11 is 0. The molecule has 0 fully saturated rings. The lowest BCUT2D eigenvalue weighted by Crippen LogP contribution is -2.38. The first-order valence-electron chi connectivity index (χ1n) is 6.98.